The summed E-state index contributed by atoms with van der Waals surface area (Å²) in [6.45, 7) is 12.0. The Balaban J connectivity index is 2.23. The molecular weight excluding hydrogens is 268 g/mol. The first-order chi connectivity index (χ1) is 9.73. The first-order valence-electron chi connectivity index (χ1n) is 7.89. The molecule has 0 heterocycles. The van der Waals surface area contributed by atoms with Crippen molar-refractivity contribution in [2.45, 2.75) is 53.5 Å². The Kier molecular flexibility index (Phi) is 4.44. The highest BCUT2D eigenvalue weighted by Crippen LogP contribution is 2.69. The number of rotatable bonds is 6. The van der Waals surface area contributed by atoms with Crippen molar-refractivity contribution in [3.63, 3.8) is 0 Å². The van der Waals surface area contributed by atoms with Gasteiger partial charge in [-0.25, -0.2) is 8.78 Å². The monoisotopic (exact) mass is 295 g/mol. The SMILES string of the molecule is CCCNC(Cc1c(F)cccc1F)C1C(C)(C)C1(C)C. The molecule has 0 saturated heterocycles. The lowest BCUT2D eigenvalue weighted by Gasteiger charge is -2.21. The second kappa shape index (κ2) is 5.68. The normalized spacial score (nSPS) is 21.3. The smallest absolute Gasteiger partial charge is 0.129 e. The lowest BCUT2D eigenvalue weighted by Crippen LogP contribution is -2.36. The lowest BCUT2D eigenvalue weighted by atomic mass is 9.96. The van der Waals surface area contributed by atoms with Crippen LogP contribution in [-0.4, -0.2) is 12.6 Å². The molecule has 2 rings (SSSR count). The molecule has 1 aromatic rings. The minimum atomic E-state index is -0.436. The van der Waals surface area contributed by atoms with Crippen LogP contribution in [0.1, 0.15) is 46.6 Å². The van der Waals surface area contributed by atoms with E-state index in [1.54, 1.807) is 0 Å². The Morgan fingerprint density at radius 1 is 1.10 bits per heavy atom. The molecule has 1 aliphatic rings. The summed E-state index contributed by atoms with van der Waals surface area (Å²) in [7, 11) is 0. The van der Waals surface area contributed by atoms with Crippen LogP contribution in [0.15, 0.2) is 18.2 Å². The van der Waals surface area contributed by atoms with Gasteiger partial charge in [-0.2, -0.15) is 0 Å². The van der Waals surface area contributed by atoms with Crippen molar-refractivity contribution in [1.29, 1.82) is 0 Å². The average Bonchev–Trinajstić information content (AvgIpc) is 2.79. The summed E-state index contributed by atoms with van der Waals surface area (Å²) in [5.74, 6) is -0.445. The van der Waals surface area contributed by atoms with Gasteiger partial charge in [-0.05, 0) is 48.3 Å². The van der Waals surface area contributed by atoms with E-state index in [0.29, 0.717) is 12.3 Å². The molecule has 1 N–H and O–H groups in total. The highest BCUT2D eigenvalue weighted by molar-refractivity contribution is 5.24. The van der Waals surface area contributed by atoms with E-state index in [4.69, 9.17) is 0 Å². The van der Waals surface area contributed by atoms with E-state index in [9.17, 15) is 8.78 Å². The van der Waals surface area contributed by atoms with Crippen LogP contribution in [0.25, 0.3) is 0 Å². The van der Waals surface area contributed by atoms with Crippen molar-refractivity contribution in [3.8, 4) is 0 Å². The highest BCUT2D eigenvalue weighted by Gasteiger charge is 2.66. The van der Waals surface area contributed by atoms with Gasteiger partial charge in [-0.1, -0.05) is 40.7 Å². The zero-order chi connectivity index (χ0) is 15.8. The third-order valence-electron chi connectivity index (χ3n) is 5.68. The van der Waals surface area contributed by atoms with Crippen molar-refractivity contribution < 1.29 is 8.78 Å². The summed E-state index contributed by atoms with van der Waals surface area (Å²) in [5.41, 5.74) is 0.602. The number of nitrogens with one attached hydrogen (secondary N) is 1. The lowest BCUT2D eigenvalue weighted by molar-refractivity contribution is 0.385. The zero-order valence-electron chi connectivity index (χ0n) is 13.8. The van der Waals surface area contributed by atoms with Gasteiger partial charge in [0, 0.05) is 11.6 Å². The molecule has 21 heavy (non-hydrogen) atoms. The summed E-state index contributed by atoms with van der Waals surface area (Å²) < 4.78 is 27.9. The predicted octanol–water partition coefficient (Wildman–Crippen LogP) is 4.56. The van der Waals surface area contributed by atoms with Crippen LogP contribution >= 0.6 is 0 Å². The molecule has 0 amide bonds. The molecule has 1 atom stereocenters. The Morgan fingerprint density at radius 3 is 2.05 bits per heavy atom. The number of benzene rings is 1. The van der Waals surface area contributed by atoms with Crippen molar-refractivity contribution in [2.24, 2.45) is 16.7 Å². The van der Waals surface area contributed by atoms with E-state index in [1.807, 2.05) is 0 Å². The summed E-state index contributed by atoms with van der Waals surface area (Å²) in [6.07, 6.45) is 1.43. The Morgan fingerprint density at radius 2 is 1.62 bits per heavy atom. The first-order valence-corrected chi connectivity index (χ1v) is 7.89. The molecule has 1 aromatic carbocycles. The second-order valence-electron chi connectivity index (χ2n) is 7.39. The van der Waals surface area contributed by atoms with E-state index in [2.05, 4.69) is 39.9 Å². The molecule has 118 valence electrons. The minimum absolute atomic E-state index is 0.112. The summed E-state index contributed by atoms with van der Waals surface area (Å²) >= 11 is 0. The third-order valence-corrected chi connectivity index (χ3v) is 5.68. The third kappa shape index (κ3) is 2.85. The van der Waals surface area contributed by atoms with Crippen LogP contribution in [0.5, 0.6) is 0 Å². The number of halogens is 2. The molecule has 0 radical (unpaired) electrons. The standard InChI is InChI=1S/C18H27F2N/c1-6-10-21-15(16-17(2,3)18(16,4)5)11-12-13(19)8-7-9-14(12)20/h7-9,15-16,21H,6,10-11H2,1-5H3. The van der Waals surface area contributed by atoms with Crippen molar-refractivity contribution in [3.05, 3.63) is 35.4 Å². The van der Waals surface area contributed by atoms with Gasteiger partial charge in [-0.15, -0.1) is 0 Å². The van der Waals surface area contributed by atoms with Gasteiger partial charge in [0.05, 0.1) is 0 Å². The summed E-state index contributed by atoms with van der Waals surface area (Å²) in [5, 5.41) is 3.51. The first kappa shape index (κ1) is 16.4. The molecule has 1 fully saturated rings. The quantitative estimate of drug-likeness (QED) is 0.811. The molecule has 3 heteroatoms. The van der Waals surface area contributed by atoms with Crippen LogP contribution in [-0.2, 0) is 6.42 Å². The molecule has 0 bridgehead atoms. The molecule has 0 spiro atoms. The van der Waals surface area contributed by atoms with E-state index in [-0.39, 0.29) is 22.4 Å². The minimum Gasteiger partial charge on any atom is -0.313 e. The van der Waals surface area contributed by atoms with Crippen LogP contribution in [0.4, 0.5) is 8.78 Å². The molecular formula is C18H27F2N. The average molecular weight is 295 g/mol. The molecule has 1 saturated carbocycles. The topological polar surface area (TPSA) is 12.0 Å². The van der Waals surface area contributed by atoms with Gasteiger partial charge in [0.2, 0.25) is 0 Å². The van der Waals surface area contributed by atoms with Gasteiger partial charge in [0.1, 0.15) is 11.6 Å². The Labute approximate surface area is 127 Å². The predicted molar refractivity (Wildman–Crippen MR) is 83.2 cm³/mol. The van der Waals surface area contributed by atoms with Crippen LogP contribution in [0.2, 0.25) is 0 Å². The van der Waals surface area contributed by atoms with Crippen molar-refractivity contribution in [1.82, 2.24) is 5.32 Å². The van der Waals surface area contributed by atoms with E-state index >= 15 is 0 Å². The maximum Gasteiger partial charge on any atom is 0.129 e. The van der Waals surface area contributed by atoms with E-state index in [0.717, 1.165) is 13.0 Å². The fourth-order valence-electron chi connectivity index (χ4n) is 3.84. The Bertz CT molecular complexity index is 474. The van der Waals surface area contributed by atoms with Gasteiger partial charge in [0.15, 0.2) is 0 Å². The number of hydrogen-bond donors (Lipinski definition) is 1. The Hall–Kier alpha value is -0.960. The highest BCUT2D eigenvalue weighted by atomic mass is 19.1. The number of hydrogen-bond acceptors (Lipinski definition) is 1. The zero-order valence-corrected chi connectivity index (χ0v) is 13.8. The van der Waals surface area contributed by atoms with Gasteiger partial charge < -0.3 is 5.32 Å². The molecule has 1 unspecified atom stereocenters. The maximum atomic E-state index is 13.9. The van der Waals surface area contributed by atoms with Crippen molar-refractivity contribution in [2.75, 3.05) is 6.54 Å². The summed E-state index contributed by atoms with van der Waals surface area (Å²) in [6, 6.07) is 4.23. The fraction of sp³-hybridized carbons (Fsp3) is 0.667. The maximum absolute atomic E-state index is 13.9. The van der Waals surface area contributed by atoms with E-state index in [1.165, 1.54) is 18.2 Å². The van der Waals surface area contributed by atoms with Crippen molar-refractivity contribution >= 4 is 0 Å². The second-order valence-corrected chi connectivity index (χ2v) is 7.39. The van der Waals surface area contributed by atoms with E-state index < -0.39 is 11.6 Å². The summed E-state index contributed by atoms with van der Waals surface area (Å²) in [4.78, 5) is 0. The van der Waals surface area contributed by atoms with Crippen LogP contribution in [0.3, 0.4) is 0 Å². The van der Waals surface area contributed by atoms with Crippen LogP contribution in [0, 0.1) is 28.4 Å². The van der Waals surface area contributed by atoms with Gasteiger partial charge in [-0.3, -0.25) is 0 Å². The molecule has 1 aliphatic carbocycles. The van der Waals surface area contributed by atoms with Gasteiger partial charge >= 0.3 is 0 Å². The fourth-order valence-corrected chi connectivity index (χ4v) is 3.84. The molecule has 0 aromatic heterocycles. The largest absolute Gasteiger partial charge is 0.313 e. The molecule has 0 aliphatic heterocycles. The van der Waals surface area contributed by atoms with Crippen LogP contribution < -0.4 is 5.32 Å². The van der Waals surface area contributed by atoms with Gasteiger partial charge in [0.25, 0.3) is 0 Å². The molecule has 1 nitrogen and oxygen atoms in total.